The third kappa shape index (κ3) is 3.87. The SMILES string of the molecule is Cn1c(N2CCN(C(=O)Cc3ccc4c(c3)CCC(C)(C)O4)CC2)nc2ccccc21. The van der Waals surface area contributed by atoms with Crippen LogP contribution in [0.5, 0.6) is 5.75 Å². The van der Waals surface area contributed by atoms with Crippen molar-refractivity contribution < 1.29 is 9.53 Å². The lowest BCUT2D eigenvalue weighted by atomic mass is 9.93. The van der Waals surface area contributed by atoms with Crippen LogP contribution in [0.3, 0.4) is 0 Å². The van der Waals surface area contributed by atoms with E-state index in [4.69, 9.17) is 9.72 Å². The van der Waals surface area contributed by atoms with Crippen molar-refractivity contribution in [2.24, 2.45) is 7.05 Å². The summed E-state index contributed by atoms with van der Waals surface area (Å²) in [6, 6.07) is 14.4. The van der Waals surface area contributed by atoms with Gasteiger partial charge < -0.3 is 19.1 Å². The lowest BCUT2D eigenvalue weighted by Crippen LogP contribution is -2.49. The summed E-state index contributed by atoms with van der Waals surface area (Å²) in [6.07, 6.45) is 2.45. The zero-order chi connectivity index (χ0) is 21.6. The molecule has 0 spiro atoms. The fourth-order valence-electron chi connectivity index (χ4n) is 4.68. The summed E-state index contributed by atoms with van der Waals surface area (Å²) in [7, 11) is 2.06. The van der Waals surface area contributed by atoms with Crippen LogP contribution in [0.15, 0.2) is 42.5 Å². The third-order valence-electron chi connectivity index (χ3n) is 6.54. The fourth-order valence-corrected chi connectivity index (χ4v) is 4.68. The topological polar surface area (TPSA) is 50.6 Å². The first-order valence-electron chi connectivity index (χ1n) is 11.1. The van der Waals surface area contributed by atoms with Gasteiger partial charge in [0, 0.05) is 33.2 Å². The van der Waals surface area contributed by atoms with Gasteiger partial charge in [-0.05, 0) is 56.0 Å². The van der Waals surface area contributed by atoms with Crippen molar-refractivity contribution in [2.75, 3.05) is 31.1 Å². The highest BCUT2D eigenvalue weighted by Gasteiger charge is 2.27. The Morgan fingerprint density at radius 1 is 1.10 bits per heavy atom. The molecule has 31 heavy (non-hydrogen) atoms. The van der Waals surface area contributed by atoms with Gasteiger partial charge in [-0.15, -0.1) is 0 Å². The number of anilines is 1. The molecule has 1 fully saturated rings. The average Bonchev–Trinajstić information content (AvgIpc) is 3.10. The monoisotopic (exact) mass is 418 g/mol. The Morgan fingerprint density at radius 2 is 1.87 bits per heavy atom. The minimum Gasteiger partial charge on any atom is -0.488 e. The number of imidazole rings is 1. The van der Waals surface area contributed by atoms with Crippen molar-refractivity contribution in [2.45, 2.75) is 38.7 Å². The molecule has 0 atom stereocenters. The smallest absolute Gasteiger partial charge is 0.227 e. The molecule has 6 heteroatoms. The minimum atomic E-state index is -0.108. The van der Waals surface area contributed by atoms with E-state index in [1.54, 1.807) is 0 Å². The predicted molar refractivity (Wildman–Crippen MR) is 123 cm³/mol. The number of rotatable bonds is 3. The molecule has 0 unspecified atom stereocenters. The maximum atomic E-state index is 12.9. The average molecular weight is 419 g/mol. The van der Waals surface area contributed by atoms with Crippen molar-refractivity contribution >= 4 is 22.9 Å². The molecule has 0 radical (unpaired) electrons. The van der Waals surface area contributed by atoms with Gasteiger partial charge >= 0.3 is 0 Å². The third-order valence-corrected chi connectivity index (χ3v) is 6.54. The van der Waals surface area contributed by atoms with Crippen LogP contribution in [0.4, 0.5) is 5.95 Å². The Kier molecular flexibility index (Phi) is 4.88. The van der Waals surface area contributed by atoms with Crippen LogP contribution in [-0.4, -0.2) is 52.1 Å². The van der Waals surface area contributed by atoms with Gasteiger partial charge in [-0.1, -0.05) is 24.3 Å². The van der Waals surface area contributed by atoms with Crippen LogP contribution in [-0.2, 0) is 24.7 Å². The number of benzene rings is 2. The maximum Gasteiger partial charge on any atom is 0.227 e. The second-order valence-electron chi connectivity index (χ2n) is 9.31. The van der Waals surface area contributed by atoms with E-state index in [1.165, 1.54) is 5.56 Å². The number of ether oxygens (including phenoxy) is 1. The number of hydrogen-bond acceptors (Lipinski definition) is 4. The summed E-state index contributed by atoms with van der Waals surface area (Å²) in [4.78, 5) is 22.0. The lowest BCUT2D eigenvalue weighted by Gasteiger charge is -2.35. The van der Waals surface area contributed by atoms with E-state index in [2.05, 4.69) is 42.5 Å². The normalized spacial score (nSPS) is 18.0. The summed E-state index contributed by atoms with van der Waals surface area (Å²) in [5.41, 5.74) is 4.33. The molecule has 6 nitrogen and oxygen atoms in total. The second kappa shape index (κ2) is 7.59. The van der Waals surface area contributed by atoms with E-state index in [1.807, 2.05) is 35.2 Å². The Bertz CT molecular complexity index is 1130. The number of amides is 1. The minimum absolute atomic E-state index is 0.108. The Morgan fingerprint density at radius 3 is 2.65 bits per heavy atom. The molecule has 3 heterocycles. The van der Waals surface area contributed by atoms with Gasteiger partial charge in [0.25, 0.3) is 0 Å². The zero-order valence-electron chi connectivity index (χ0n) is 18.6. The van der Waals surface area contributed by atoms with E-state index in [0.29, 0.717) is 6.42 Å². The first kappa shape index (κ1) is 19.9. The Hall–Kier alpha value is -3.02. The Balaban J connectivity index is 1.22. The Labute approximate surface area is 183 Å². The number of carbonyl (C=O) groups is 1. The van der Waals surface area contributed by atoms with Gasteiger partial charge in [-0.3, -0.25) is 4.79 Å². The predicted octanol–water partition coefficient (Wildman–Crippen LogP) is 3.57. The first-order chi connectivity index (χ1) is 14.9. The molecule has 162 valence electrons. The number of nitrogens with zero attached hydrogens (tertiary/aromatic N) is 4. The second-order valence-corrected chi connectivity index (χ2v) is 9.31. The highest BCUT2D eigenvalue weighted by atomic mass is 16.5. The quantitative estimate of drug-likeness (QED) is 0.653. The molecule has 0 saturated carbocycles. The number of aromatic nitrogens is 2. The first-order valence-corrected chi connectivity index (χ1v) is 11.1. The van der Waals surface area contributed by atoms with E-state index in [-0.39, 0.29) is 11.5 Å². The van der Waals surface area contributed by atoms with Crippen molar-refractivity contribution in [1.29, 1.82) is 0 Å². The largest absolute Gasteiger partial charge is 0.488 e. The molecule has 2 aliphatic rings. The highest BCUT2D eigenvalue weighted by molar-refractivity contribution is 5.80. The maximum absolute atomic E-state index is 12.9. The standard InChI is InChI=1S/C25H30N4O2/c1-25(2)11-10-19-16-18(8-9-22(19)31-25)17-23(30)28-12-14-29(15-13-28)24-26-20-6-4-5-7-21(20)27(24)3/h4-9,16H,10-15,17H2,1-3H3. The van der Waals surface area contributed by atoms with Crippen molar-refractivity contribution in [1.82, 2.24) is 14.5 Å². The molecule has 0 N–H and O–H groups in total. The molecular weight excluding hydrogens is 388 g/mol. The fraction of sp³-hybridized carbons (Fsp3) is 0.440. The number of para-hydroxylation sites is 2. The van der Waals surface area contributed by atoms with Crippen molar-refractivity contribution in [3.8, 4) is 5.75 Å². The van der Waals surface area contributed by atoms with E-state index >= 15 is 0 Å². The molecule has 3 aromatic rings. The number of hydrogen-bond donors (Lipinski definition) is 0. The summed E-state index contributed by atoms with van der Waals surface area (Å²) in [5, 5.41) is 0. The van der Waals surface area contributed by atoms with Crippen LogP contribution in [0.25, 0.3) is 11.0 Å². The zero-order valence-corrected chi connectivity index (χ0v) is 18.6. The molecule has 2 aliphatic heterocycles. The molecule has 0 aliphatic carbocycles. The summed E-state index contributed by atoms with van der Waals surface area (Å²) >= 11 is 0. The number of carbonyl (C=O) groups excluding carboxylic acids is 1. The van der Waals surface area contributed by atoms with E-state index in [9.17, 15) is 4.79 Å². The highest BCUT2D eigenvalue weighted by Crippen LogP contribution is 2.33. The van der Waals surface area contributed by atoms with Gasteiger partial charge in [0.2, 0.25) is 11.9 Å². The van der Waals surface area contributed by atoms with Gasteiger partial charge in [0.05, 0.1) is 17.5 Å². The van der Waals surface area contributed by atoms with Gasteiger partial charge in [-0.25, -0.2) is 4.98 Å². The summed E-state index contributed by atoms with van der Waals surface area (Å²) in [6.45, 7) is 7.31. The van der Waals surface area contributed by atoms with Gasteiger partial charge in [0.15, 0.2) is 0 Å². The number of fused-ring (bicyclic) bond motifs is 2. The molecular formula is C25H30N4O2. The summed E-state index contributed by atoms with van der Waals surface area (Å²) in [5.74, 6) is 2.14. The van der Waals surface area contributed by atoms with Crippen LogP contribution in [0, 0.1) is 0 Å². The molecule has 1 amide bonds. The molecule has 0 bridgehead atoms. The van der Waals surface area contributed by atoms with Gasteiger partial charge in [-0.2, -0.15) is 0 Å². The van der Waals surface area contributed by atoms with Gasteiger partial charge in [0.1, 0.15) is 11.4 Å². The molecule has 2 aromatic carbocycles. The number of aryl methyl sites for hydroxylation is 2. The van der Waals surface area contributed by atoms with Crippen molar-refractivity contribution in [3.05, 3.63) is 53.6 Å². The summed E-state index contributed by atoms with van der Waals surface area (Å²) < 4.78 is 8.21. The van der Waals surface area contributed by atoms with Crippen LogP contribution >= 0.6 is 0 Å². The van der Waals surface area contributed by atoms with E-state index < -0.39 is 0 Å². The molecule has 5 rings (SSSR count). The molecule has 1 aromatic heterocycles. The number of piperazine rings is 1. The lowest BCUT2D eigenvalue weighted by molar-refractivity contribution is -0.130. The molecule has 1 saturated heterocycles. The van der Waals surface area contributed by atoms with Crippen LogP contribution < -0.4 is 9.64 Å². The van der Waals surface area contributed by atoms with Crippen LogP contribution in [0.2, 0.25) is 0 Å². The van der Waals surface area contributed by atoms with Crippen LogP contribution in [0.1, 0.15) is 31.4 Å². The van der Waals surface area contributed by atoms with E-state index in [0.717, 1.165) is 67.3 Å². The van der Waals surface area contributed by atoms with Crippen molar-refractivity contribution in [3.63, 3.8) is 0 Å².